The zero-order chi connectivity index (χ0) is 17.2. The number of hydrogen-bond donors (Lipinski definition) is 0. The van der Waals surface area contributed by atoms with Crippen molar-refractivity contribution in [3.8, 4) is 0 Å². The molecule has 1 heteroatoms. The predicted octanol–water partition coefficient (Wildman–Crippen LogP) is 7.36. The first-order valence-corrected chi connectivity index (χ1v) is 11.1. The molecule has 24 heavy (non-hydrogen) atoms. The molecule has 0 fully saturated rings. The van der Waals surface area contributed by atoms with Crippen molar-refractivity contribution in [3.63, 3.8) is 0 Å². The molecule has 0 aliphatic heterocycles. The van der Waals surface area contributed by atoms with Gasteiger partial charge in [-0.05, 0) is 64.2 Å². The minimum Gasteiger partial charge on any atom is -0.167 e. The highest BCUT2D eigenvalue weighted by Crippen LogP contribution is 2.67. The zero-order valence-corrected chi connectivity index (χ0v) is 16.3. The Labute approximate surface area is 149 Å². The average molecular weight is 339 g/mol. The predicted molar refractivity (Wildman–Crippen MR) is 110 cm³/mol. The fourth-order valence-electron chi connectivity index (χ4n) is 3.61. The molecule has 2 aliphatic rings. The van der Waals surface area contributed by atoms with Gasteiger partial charge in [-0.1, -0.05) is 74.9 Å². The topological polar surface area (TPSA) is 0 Å². The summed E-state index contributed by atoms with van der Waals surface area (Å²) in [5.41, 5.74) is 1.86. The highest BCUT2D eigenvalue weighted by Gasteiger charge is 2.31. The van der Waals surface area contributed by atoms with Crippen molar-refractivity contribution in [2.24, 2.45) is 5.41 Å². The molecule has 128 valence electrons. The van der Waals surface area contributed by atoms with Crippen LogP contribution in [0.25, 0.3) is 0 Å². The van der Waals surface area contributed by atoms with E-state index >= 15 is 0 Å². The molecule has 0 saturated carbocycles. The van der Waals surface area contributed by atoms with Crippen LogP contribution in [0.3, 0.4) is 0 Å². The molecule has 0 nitrogen and oxygen atoms in total. The summed E-state index contributed by atoms with van der Waals surface area (Å²) in [5.74, 6) is 0. The molecule has 0 bridgehead atoms. The molecule has 0 saturated heterocycles. The maximum Gasteiger partial charge on any atom is -0.00240 e. The maximum atomic E-state index is 2.49. The van der Waals surface area contributed by atoms with Gasteiger partial charge in [0.15, 0.2) is 0 Å². The second kappa shape index (κ2) is 6.80. The third-order valence-corrected chi connectivity index (χ3v) is 9.10. The Morgan fingerprint density at radius 1 is 0.917 bits per heavy atom. The van der Waals surface area contributed by atoms with Crippen LogP contribution in [0.15, 0.2) is 81.0 Å². The zero-order valence-electron chi connectivity index (χ0n) is 15.5. The molecule has 0 N–H and O–H groups in total. The molecule has 0 heterocycles. The molecule has 0 radical (unpaired) electrons. The maximum absolute atomic E-state index is 2.49. The van der Waals surface area contributed by atoms with E-state index in [9.17, 15) is 0 Å². The number of benzene rings is 1. The van der Waals surface area contributed by atoms with Crippen LogP contribution < -0.4 is 0 Å². The third kappa shape index (κ3) is 3.32. The molecular formula is C23H30S. The lowest BCUT2D eigenvalue weighted by Gasteiger charge is -2.43. The Balaban J connectivity index is 2.07. The van der Waals surface area contributed by atoms with Crippen LogP contribution in [0.1, 0.15) is 46.5 Å². The van der Waals surface area contributed by atoms with Gasteiger partial charge in [0.2, 0.25) is 0 Å². The average Bonchev–Trinajstić information content (AvgIpc) is 2.62. The number of rotatable bonds is 3. The first kappa shape index (κ1) is 17.4. The van der Waals surface area contributed by atoms with E-state index in [1.165, 1.54) is 30.6 Å². The minimum atomic E-state index is -1.10. The van der Waals surface area contributed by atoms with Crippen molar-refractivity contribution >= 4 is 10.0 Å². The molecule has 1 aromatic carbocycles. The van der Waals surface area contributed by atoms with Crippen molar-refractivity contribution in [2.45, 2.75) is 51.3 Å². The molecule has 2 aliphatic carbocycles. The van der Waals surface area contributed by atoms with Crippen LogP contribution in [0.2, 0.25) is 0 Å². The lowest BCUT2D eigenvalue weighted by atomic mass is 9.82. The van der Waals surface area contributed by atoms with Gasteiger partial charge in [-0.2, -0.15) is 10.0 Å². The second-order valence-electron chi connectivity index (χ2n) is 7.89. The van der Waals surface area contributed by atoms with E-state index in [-0.39, 0.29) is 5.41 Å². The van der Waals surface area contributed by atoms with Crippen molar-refractivity contribution < 1.29 is 0 Å². The standard InChI is InChI=1S/C23H30S/c1-23(2,3)19-15-17-22(18-16-19)24(4,20-11-7-5-8-12-20)21-13-9-6-10-14-21/h5,7-9,11-15,17H,6,10,16,18H2,1-4H3. The van der Waals surface area contributed by atoms with Crippen molar-refractivity contribution in [1.29, 1.82) is 0 Å². The molecule has 0 amide bonds. The number of allylic oxidation sites excluding steroid dienone is 7. The van der Waals surface area contributed by atoms with Crippen LogP contribution >= 0.6 is 10.0 Å². The van der Waals surface area contributed by atoms with Crippen molar-refractivity contribution in [2.75, 3.05) is 6.26 Å². The smallest absolute Gasteiger partial charge is 0.00240 e. The highest BCUT2D eigenvalue weighted by atomic mass is 32.3. The van der Waals surface area contributed by atoms with Crippen LogP contribution in [-0.4, -0.2) is 6.26 Å². The van der Waals surface area contributed by atoms with E-state index < -0.39 is 10.0 Å². The lowest BCUT2D eigenvalue weighted by Crippen LogP contribution is -2.14. The summed E-state index contributed by atoms with van der Waals surface area (Å²) in [6.45, 7) is 6.98. The largest absolute Gasteiger partial charge is 0.167 e. The fourth-order valence-corrected chi connectivity index (χ4v) is 6.86. The van der Waals surface area contributed by atoms with Crippen LogP contribution in [-0.2, 0) is 0 Å². The molecule has 0 aromatic heterocycles. The number of hydrogen-bond acceptors (Lipinski definition) is 0. The van der Waals surface area contributed by atoms with Crippen LogP contribution in [0.5, 0.6) is 0 Å². The quantitative estimate of drug-likeness (QED) is 0.540. The Morgan fingerprint density at radius 3 is 2.21 bits per heavy atom. The van der Waals surface area contributed by atoms with Gasteiger partial charge in [0.1, 0.15) is 0 Å². The van der Waals surface area contributed by atoms with E-state index in [0.717, 1.165) is 0 Å². The van der Waals surface area contributed by atoms with E-state index in [1.54, 1.807) is 15.4 Å². The first-order valence-electron chi connectivity index (χ1n) is 9.03. The van der Waals surface area contributed by atoms with Gasteiger partial charge < -0.3 is 0 Å². The van der Waals surface area contributed by atoms with Gasteiger partial charge in [0, 0.05) is 0 Å². The summed E-state index contributed by atoms with van der Waals surface area (Å²) in [7, 11) is -1.10. The first-order chi connectivity index (χ1) is 11.4. The van der Waals surface area contributed by atoms with Crippen LogP contribution in [0.4, 0.5) is 0 Å². The van der Waals surface area contributed by atoms with E-state index in [0.29, 0.717) is 0 Å². The van der Waals surface area contributed by atoms with Gasteiger partial charge in [0.25, 0.3) is 0 Å². The summed E-state index contributed by atoms with van der Waals surface area (Å²) >= 11 is 0. The van der Waals surface area contributed by atoms with Gasteiger partial charge in [-0.3, -0.25) is 0 Å². The monoisotopic (exact) mass is 338 g/mol. The van der Waals surface area contributed by atoms with Crippen molar-refractivity contribution in [3.05, 3.63) is 76.1 Å². The summed E-state index contributed by atoms with van der Waals surface area (Å²) in [6, 6.07) is 11.1. The van der Waals surface area contributed by atoms with Crippen LogP contribution in [0, 0.1) is 5.41 Å². The fraction of sp³-hybridized carbons (Fsp3) is 0.391. The van der Waals surface area contributed by atoms with E-state index in [1.807, 2.05) is 0 Å². The van der Waals surface area contributed by atoms with Gasteiger partial charge in [0.05, 0.1) is 0 Å². The van der Waals surface area contributed by atoms with E-state index in [4.69, 9.17) is 0 Å². The van der Waals surface area contributed by atoms with Gasteiger partial charge in [-0.25, -0.2) is 0 Å². The Morgan fingerprint density at radius 2 is 1.67 bits per heavy atom. The summed E-state index contributed by atoms with van der Waals surface area (Å²) in [6.07, 6.45) is 19.3. The second-order valence-corrected chi connectivity index (χ2v) is 11.2. The lowest BCUT2D eigenvalue weighted by molar-refractivity contribution is 0.481. The highest BCUT2D eigenvalue weighted by molar-refractivity contribution is 8.39. The van der Waals surface area contributed by atoms with E-state index in [2.05, 4.69) is 87.7 Å². The Kier molecular flexibility index (Phi) is 4.92. The molecule has 1 aromatic rings. The normalized spacial score (nSPS) is 22.1. The van der Waals surface area contributed by atoms with Gasteiger partial charge in [-0.15, -0.1) is 0 Å². The molecular weight excluding hydrogens is 308 g/mol. The van der Waals surface area contributed by atoms with Gasteiger partial charge >= 0.3 is 0 Å². The van der Waals surface area contributed by atoms with Crippen molar-refractivity contribution in [1.82, 2.24) is 0 Å². The summed E-state index contributed by atoms with van der Waals surface area (Å²) < 4.78 is 0. The molecule has 1 atom stereocenters. The minimum absolute atomic E-state index is 0.282. The Hall–Kier alpha value is -1.47. The molecule has 0 spiro atoms. The molecule has 3 rings (SSSR count). The Bertz CT molecular complexity index is 710. The summed E-state index contributed by atoms with van der Waals surface area (Å²) in [4.78, 5) is 4.65. The molecule has 1 unspecified atom stereocenters. The third-order valence-electron chi connectivity index (χ3n) is 5.25. The SMILES string of the molecule is CC(C)(C)C1=CC=C(S(C)(C2=CCCC=C2)c2ccccc2)CC1. The summed E-state index contributed by atoms with van der Waals surface area (Å²) in [5, 5.41) is 0.